The van der Waals surface area contributed by atoms with Crippen molar-refractivity contribution in [2.45, 2.75) is 59.9 Å². The summed E-state index contributed by atoms with van der Waals surface area (Å²) in [4.78, 5) is 119. The molecule has 0 aliphatic rings. The van der Waals surface area contributed by atoms with Gasteiger partial charge in [0.25, 0.3) is 11.1 Å². The molecule has 0 unspecified atom stereocenters. The van der Waals surface area contributed by atoms with Crippen LogP contribution in [0.2, 0.25) is 0 Å². The average Bonchev–Trinajstić information content (AvgIpc) is 3.05. The van der Waals surface area contributed by atoms with E-state index in [9.17, 15) is 43.2 Å². The number of alkyl carbamates (subject to hydrolysis) is 1. The van der Waals surface area contributed by atoms with Crippen LogP contribution in [0, 0.1) is 13.8 Å². The van der Waals surface area contributed by atoms with Crippen LogP contribution in [0.3, 0.4) is 0 Å². The zero-order valence-corrected chi connectivity index (χ0v) is 29.7. The molecule has 0 bridgehead atoms. The molecule has 0 fully saturated rings. The molecule has 19 heteroatoms. The maximum atomic E-state index is 13.4. The predicted molar refractivity (Wildman–Crippen MR) is 185 cm³/mol. The Morgan fingerprint density at radius 1 is 0.808 bits per heavy atom. The number of H-pyrrole nitrogens is 2. The molecule has 3 aromatic rings. The largest absolute Gasteiger partial charge is 0.468 e. The Balaban J connectivity index is 1.82. The molecule has 0 spiro atoms. The predicted octanol–water partition coefficient (Wildman–Crippen LogP) is -0.803. The molecule has 4 amide bonds. The number of hydrogen-bond donors (Lipinski definition) is 4. The Morgan fingerprint density at radius 3 is 1.88 bits per heavy atom. The molecular weight excluding hydrogens is 684 g/mol. The molecule has 2 heterocycles. The lowest BCUT2D eigenvalue weighted by Crippen LogP contribution is -2.46. The minimum absolute atomic E-state index is 0.118. The molecule has 0 saturated carbocycles. The molecule has 280 valence electrons. The second-order valence-electron chi connectivity index (χ2n) is 12.7. The van der Waals surface area contributed by atoms with Crippen LogP contribution in [0.25, 0.3) is 0 Å². The summed E-state index contributed by atoms with van der Waals surface area (Å²) in [6, 6.07) is 6.35. The van der Waals surface area contributed by atoms with E-state index in [2.05, 4.69) is 20.6 Å². The number of benzene rings is 1. The first-order chi connectivity index (χ1) is 24.4. The van der Waals surface area contributed by atoms with Gasteiger partial charge < -0.3 is 29.9 Å². The van der Waals surface area contributed by atoms with Gasteiger partial charge in [-0.25, -0.2) is 14.4 Å². The Bertz CT molecular complexity index is 2060. The van der Waals surface area contributed by atoms with Crippen LogP contribution in [-0.4, -0.2) is 97.6 Å². The van der Waals surface area contributed by atoms with Crippen LogP contribution in [0.4, 0.5) is 10.5 Å². The van der Waals surface area contributed by atoms with E-state index in [1.807, 2.05) is 0 Å². The zero-order valence-electron chi connectivity index (χ0n) is 29.7. The normalized spacial score (nSPS) is 11.0. The van der Waals surface area contributed by atoms with Crippen molar-refractivity contribution in [1.29, 1.82) is 0 Å². The van der Waals surface area contributed by atoms with Gasteiger partial charge in [0.15, 0.2) is 0 Å². The van der Waals surface area contributed by atoms with Crippen molar-refractivity contribution in [1.82, 2.24) is 34.2 Å². The maximum Gasteiger partial charge on any atom is 0.407 e. The second-order valence-corrected chi connectivity index (χ2v) is 12.7. The third-order valence-electron chi connectivity index (χ3n) is 7.28. The molecule has 0 aliphatic carbocycles. The first kappa shape index (κ1) is 40.2. The smallest absolute Gasteiger partial charge is 0.407 e. The first-order valence-electron chi connectivity index (χ1n) is 15.9. The van der Waals surface area contributed by atoms with E-state index in [0.717, 1.165) is 26.0 Å². The van der Waals surface area contributed by atoms with Crippen LogP contribution in [0.1, 0.15) is 37.5 Å². The quantitative estimate of drug-likeness (QED) is 0.150. The van der Waals surface area contributed by atoms with Gasteiger partial charge in [-0.15, -0.1) is 0 Å². The fourth-order valence-electron chi connectivity index (χ4n) is 4.66. The van der Waals surface area contributed by atoms with Gasteiger partial charge in [0.1, 0.15) is 25.2 Å². The molecule has 2 aromatic heterocycles. The lowest BCUT2D eigenvalue weighted by Gasteiger charge is -2.25. The van der Waals surface area contributed by atoms with E-state index in [1.54, 1.807) is 39.0 Å². The van der Waals surface area contributed by atoms with Gasteiger partial charge in [0.05, 0.1) is 13.7 Å². The number of aromatic amines is 2. The van der Waals surface area contributed by atoms with Crippen LogP contribution < -0.4 is 33.1 Å². The Hall–Kier alpha value is -6.27. The minimum atomic E-state index is -0.833. The standard InChI is InChI=1S/C33H42N8O11/c1-20-13-40(30(48)36-28(20)46)17-25(43)38(12-11-34-32(50)52-33(3,4)5)16-24(42)35-23-10-8-7-9-22(23)15-39(19-27(45)51-6)26(44)18-41-14-21(2)29(47)37-31(41)49/h7-10,13-14H,11-12,15-19H2,1-6H3,(H,34,50)(H,35,42)(H,36,46,48)(H,37,47,49). The average molecular weight is 727 g/mol. The number of nitrogens with one attached hydrogen (secondary N) is 4. The molecule has 0 aliphatic heterocycles. The van der Waals surface area contributed by atoms with E-state index in [-0.39, 0.29) is 36.4 Å². The highest BCUT2D eigenvalue weighted by Gasteiger charge is 2.23. The number of anilines is 1. The van der Waals surface area contributed by atoms with Crippen molar-refractivity contribution in [2.24, 2.45) is 0 Å². The van der Waals surface area contributed by atoms with Crippen molar-refractivity contribution in [2.75, 3.05) is 38.6 Å². The minimum Gasteiger partial charge on any atom is -0.468 e. The number of aryl methyl sites for hydroxylation is 2. The molecule has 0 atom stereocenters. The summed E-state index contributed by atoms with van der Waals surface area (Å²) in [5.41, 5.74) is -2.70. The third-order valence-corrected chi connectivity index (χ3v) is 7.28. The Kier molecular flexibility index (Phi) is 13.6. The molecular formula is C33H42N8O11. The van der Waals surface area contributed by atoms with Gasteiger partial charge in [-0.05, 0) is 46.2 Å². The van der Waals surface area contributed by atoms with Crippen molar-refractivity contribution in [3.63, 3.8) is 0 Å². The first-order valence-corrected chi connectivity index (χ1v) is 15.9. The van der Waals surface area contributed by atoms with Crippen molar-refractivity contribution >= 4 is 35.5 Å². The highest BCUT2D eigenvalue weighted by molar-refractivity contribution is 5.95. The van der Waals surface area contributed by atoms with Gasteiger partial charge in [-0.1, -0.05) is 18.2 Å². The summed E-state index contributed by atoms with van der Waals surface area (Å²) >= 11 is 0. The molecule has 0 radical (unpaired) electrons. The summed E-state index contributed by atoms with van der Waals surface area (Å²) in [6.07, 6.45) is 1.68. The number of nitrogens with zero attached hydrogens (tertiary/aromatic N) is 4. The summed E-state index contributed by atoms with van der Waals surface area (Å²) < 4.78 is 11.9. The Morgan fingerprint density at radius 2 is 1.35 bits per heavy atom. The number of rotatable bonds is 14. The van der Waals surface area contributed by atoms with Crippen molar-refractivity contribution in [3.8, 4) is 0 Å². The number of aromatic nitrogens is 4. The number of esters is 1. The molecule has 4 N–H and O–H groups in total. The number of methoxy groups -OCH3 is 1. The van der Waals surface area contributed by atoms with E-state index < -0.39 is 84.1 Å². The number of amides is 4. The van der Waals surface area contributed by atoms with Crippen LogP contribution >= 0.6 is 0 Å². The summed E-state index contributed by atoms with van der Waals surface area (Å²) in [5.74, 6) is -2.82. The molecule has 19 nitrogen and oxygen atoms in total. The van der Waals surface area contributed by atoms with Gasteiger partial charge in [0.2, 0.25) is 17.7 Å². The summed E-state index contributed by atoms with van der Waals surface area (Å²) in [7, 11) is 1.14. The molecule has 1 aromatic carbocycles. The number of para-hydroxylation sites is 1. The second kappa shape index (κ2) is 17.6. The van der Waals surface area contributed by atoms with Gasteiger partial charge in [0, 0.05) is 48.8 Å². The van der Waals surface area contributed by atoms with Crippen molar-refractivity contribution < 1.29 is 33.4 Å². The summed E-state index contributed by atoms with van der Waals surface area (Å²) in [5, 5.41) is 5.20. The Labute approximate surface area is 296 Å². The van der Waals surface area contributed by atoms with Crippen LogP contribution in [-0.2, 0) is 48.3 Å². The van der Waals surface area contributed by atoms with E-state index in [0.29, 0.717) is 5.56 Å². The maximum absolute atomic E-state index is 13.4. The highest BCUT2D eigenvalue weighted by atomic mass is 16.6. The van der Waals surface area contributed by atoms with E-state index in [1.165, 1.54) is 32.3 Å². The monoisotopic (exact) mass is 726 g/mol. The zero-order chi connectivity index (χ0) is 38.7. The third kappa shape index (κ3) is 12.0. The van der Waals surface area contributed by atoms with Crippen molar-refractivity contribution in [3.05, 3.63) is 95.0 Å². The fraction of sp³-hybridized carbons (Fsp3) is 0.424. The van der Waals surface area contributed by atoms with Crippen LogP contribution in [0.15, 0.2) is 55.8 Å². The number of ether oxygens (including phenoxy) is 2. The number of carbonyl (C=O) groups is 5. The SMILES string of the molecule is COC(=O)CN(Cc1ccccc1NC(=O)CN(CCNC(=O)OC(C)(C)C)C(=O)Cn1cc(C)c(=O)[nH]c1=O)C(=O)Cn1cc(C)c(=O)[nH]c1=O. The van der Waals surface area contributed by atoms with Crippen LogP contribution in [0.5, 0.6) is 0 Å². The van der Waals surface area contributed by atoms with Gasteiger partial charge in [-0.3, -0.25) is 47.9 Å². The van der Waals surface area contributed by atoms with Gasteiger partial charge >= 0.3 is 23.4 Å². The lowest BCUT2D eigenvalue weighted by molar-refractivity contribution is -0.147. The van der Waals surface area contributed by atoms with Gasteiger partial charge in [-0.2, -0.15) is 0 Å². The highest BCUT2D eigenvalue weighted by Crippen LogP contribution is 2.18. The molecule has 3 rings (SSSR count). The fourth-order valence-corrected chi connectivity index (χ4v) is 4.66. The lowest BCUT2D eigenvalue weighted by atomic mass is 10.1. The molecule has 0 saturated heterocycles. The summed E-state index contributed by atoms with van der Waals surface area (Å²) in [6.45, 7) is 5.32. The number of carbonyl (C=O) groups excluding carboxylic acids is 5. The number of hydrogen-bond acceptors (Lipinski definition) is 11. The molecule has 52 heavy (non-hydrogen) atoms. The van der Waals surface area contributed by atoms with E-state index in [4.69, 9.17) is 9.47 Å². The van der Waals surface area contributed by atoms with E-state index >= 15 is 0 Å². The topological polar surface area (TPSA) is 244 Å².